The van der Waals surface area contributed by atoms with Crippen LogP contribution in [0.5, 0.6) is 11.6 Å². The van der Waals surface area contributed by atoms with Crippen molar-refractivity contribution in [1.29, 1.82) is 0 Å². The van der Waals surface area contributed by atoms with E-state index in [2.05, 4.69) is 25.6 Å². The van der Waals surface area contributed by atoms with Gasteiger partial charge >= 0.3 is 0 Å². The molecule has 1 aliphatic carbocycles. The molecule has 0 aromatic carbocycles. The van der Waals surface area contributed by atoms with Crippen LogP contribution in [0.3, 0.4) is 0 Å². The SMILES string of the molecule is COc1ccc2ncc(F)c(C(C)C(O)C34CCC(NCc5ccc6c(n5)NC(=O)CO6)(CC3)CO4)c2n1. The minimum Gasteiger partial charge on any atom is -0.481 e. The van der Waals surface area contributed by atoms with Crippen molar-refractivity contribution in [1.82, 2.24) is 20.3 Å². The van der Waals surface area contributed by atoms with Crippen LogP contribution in [0.4, 0.5) is 10.2 Å². The average Bonchev–Trinajstić information content (AvgIpc) is 2.95. The van der Waals surface area contributed by atoms with Gasteiger partial charge in [0, 0.05) is 29.6 Å². The Morgan fingerprint density at radius 1 is 1.21 bits per heavy atom. The zero-order valence-electron chi connectivity index (χ0n) is 21.3. The number of methoxy groups -OCH3 is 1. The molecule has 1 saturated carbocycles. The molecule has 3 aromatic heterocycles. The van der Waals surface area contributed by atoms with Crippen LogP contribution in [0.2, 0.25) is 0 Å². The molecule has 3 aliphatic heterocycles. The Balaban J connectivity index is 1.16. The van der Waals surface area contributed by atoms with Crippen molar-refractivity contribution in [2.45, 2.75) is 62.3 Å². The van der Waals surface area contributed by atoms with Crippen LogP contribution in [-0.2, 0) is 16.1 Å². The monoisotopic (exact) mass is 523 g/mol. The molecule has 2 saturated heterocycles. The van der Waals surface area contributed by atoms with Crippen LogP contribution >= 0.6 is 0 Å². The summed E-state index contributed by atoms with van der Waals surface area (Å²) in [4.78, 5) is 24.7. The maximum atomic E-state index is 15.1. The molecule has 11 heteroatoms. The van der Waals surface area contributed by atoms with Crippen molar-refractivity contribution in [3.8, 4) is 11.6 Å². The number of carbonyl (C=O) groups is 1. The Morgan fingerprint density at radius 3 is 2.76 bits per heavy atom. The topological polar surface area (TPSA) is 128 Å². The number of aliphatic hydroxyl groups is 1. The lowest BCUT2D eigenvalue weighted by Gasteiger charge is -2.56. The fourth-order valence-corrected chi connectivity index (χ4v) is 5.92. The van der Waals surface area contributed by atoms with E-state index in [9.17, 15) is 9.90 Å². The number of aromatic nitrogens is 3. The molecular weight excluding hydrogens is 493 g/mol. The van der Waals surface area contributed by atoms with Crippen molar-refractivity contribution in [2.75, 3.05) is 25.6 Å². The van der Waals surface area contributed by atoms with E-state index in [-0.39, 0.29) is 18.1 Å². The van der Waals surface area contributed by atoms with E-state index in [1.54, 1.807) is 19.1 Å². The van der Waals surface area contributed by atoms with Gasteiger partial charge in [-0.1, -0.05) is 6.92 Å². The second kappa shape index (κ2) is 9.40. The highest BCUT2D eigenvalue weighted by molar-refractivity contribution is 5.94. The van der Waals surface area contributed by atoms with Crippen LogP contribution in [0, 0.1) is 5.82 Å². The van der Waals surface area contributed by atoms with Crippen LogP contribution in [-0.4, -0.2) is 63.5 Å². The Kier molecular flexibility index (Phi) is 6.16. The fraction of sp³-hybridized carbons (Fsp3) is 0.481. The van der Waals surface area contributed by atoms with Gasteiger partial charge in [-0.2, -0.15) is 0 Å². The van der Waals surface area contributed by atoms with Crippen molar-refractivity contribution in [2.24, 2.45) is 0 Å². The van der Waals surface area contributed by atoms with E-state index in [4.69, 9.17) is 14.2 Å². The molecule has 10 nitrogen and oxygen atoms in total. The summed E-state index contributed by atoms with van der Waals surface area (Å²) >= 11 is 0. The van der Waals surface area contributed by atoms with E-state index in [0.29, 0.717) is 60.0 Å². The number of carbonyl (C=O) groups excluding carboxylic acids is 1. The first kappa shape index (κ1) is 24.9. The third kappa shape index (κ3) is 4.24. The maximum Gasteiger partial charge on any atom is 0.263 e. The highest BCUT2D eigenvalue weighted by Gasteiger charge is 2.54. The Hall–Kier alpha value is -3.41. The van der Waals surface area contributed by atoms with Gasteiger partial charge in [-0.3, -0.25) is 9.78 Å². The lowest BCUT2D eigenvalue weighted by Crippen LogP contribution is -2.65. The summed E-state index contributed by atoms with van der Waals surface area (Å²) < 4.78 is 32.1. The molecule has 4 aliphatic rings. The number of nitrogens with one attached hydrogen (secondary N) is 2. The maximum absolute atomic E-state index is 15.1. The van der Waals surface area contributed by atoms with Gasteiger partial charge in [0.15, 0.2) is 18.2 Å². The van der Waals surface area contributed by atoms with Crippen molar-refractivity contribution >= 4 is 22.8 Å². The molecule has 2 atom stereocenters. The summed E-state index contributed by atoms with van der Waals surface area (Å²) in [6.07, 6.45) is 3.11. The predicted molar refractivity (Wildman–Crippen MR) is 136 cm³/mol. The number of ether oxygens (including phenoxy) is 3. The summed E-state index contributed by atoms with van der Waals surface area (Å²) in [7, 11) is 1.50. The normalized spacial score (nSPS) is 25.8. The summed E-state index contributed by atoms with van der Waals surface area (Å²) in [5, 5.41) is 17.9. The highest BCUT2D eigenvalue weighted by Crippen LogP contribution is 2.48. The Labute approximate surface area is 218 Å². The quantitative estimate of drug-likeness (QED) is 0.428. The van der Waals surface area contributed by atoms with E-state index in [0.717, 1.165) is 18.5 Å². The predicted octanol–water partition coefficient (Wildman–Crippen LogP) is 2.84. The van der Waals surface area contributed by atoms with E-state index in [1.165, 1.54) is 13.3 Å². The standard InChI is InChI=1S/C27H30FN5O5/c1-15(22-17(28)12-29-18-4-6-21(36-2)33-23(18)22)24(35)27-9-7-26(8-10-27,14-38-27)30-11-16-3-5-19-25(31-16)32-20(34)13-37-19/h3-6,12,15,24,30,35H,7-11,13-14H2,1-2H3,(H,31,32,34). The summed E-state index contributed by atoms with van der Waals surface area (Å²) in [6.45, 7) is 2.72. The first-order chi connectivity index (χ1) is 18.3. The van der Waals surface area contributed by atoms with Gasteiger partial charge in [-0.25, -0.2) is 14.4 Å². The van der Waals surface area contributed by atoms with Gasteiger partial charge in [-0.05, 0) is 43.9 Å². The number of pyridine rings is 3. The van der Waals surface area contributed by atoms with Crippen LogP contribution in [0.15, 0.2) is 30.5 Å². The Morgan fingerprint density at radius 2 is 2.03 bits per heavy atom. The number of aliphatic hydroxyl groups excluding tert-OH is 1. The molecule has 2 bridgehead atoms. The molecular formula is C27H30FN5O5. The van der Waals surface area contributed by atoms with Gasteiger partial charge in [0.2, 0.25) is 5.88 Å². The third-order valence-corrected chi connectivity index (χ3v) is 8.22. The second-order valence-corrected chi connectivity index (χ2v) is 10.4. The first-order valence-electron chi connectivity index (χ1n) is 12.8. The number of amides is 1. The van der Waals surface area contributed by atoms with Crippen molar-refractivity contribution in [3.05, 3.63) is 47.5 Å². The summed E-state index contributed by atoms with van der Waals surface area (Å²) in [6, 6.07) is 7.10. The molecule has 6 heterocycles. The number of anilines is 1. The van der Waals surface area contributed by atoms with Crippen LogP contribution < -0.4 is 20.1 Å². The third-order valence-electron chi connectivity index (χ3n) is 8.22. The molecule has 0 radical (unpaired) electrons. The lowest BCUT2D eigenvalue weighted by atomic mass is 9.66. The molecule has 3 fully saturated rings. The number of halogens is 1. The number of nitrogens with zero attached hydrogens (tertiary/aromatic N) is 3. The van der Waals surface area contributed by atoms with Gasteiger partial charge in [0.05, 0.1) is 48.3 Å². The van der Waals surface area contributed by atoms with E-state index in [1.807, 2.05) is 12.1 Å². The van der Waals surface area contributed by atoms with E-state index >= 15 is 4.39 Å². The molecule has 1 amide bonds. The van der Waals surface area contributed by atoms with E-state index < -0.39 is 23.4 Å². The molecule has 0 spiro atoms. The van der Waals surface area contributed by atoms with Gasteiger partial charge in [-0.15, -0.1) is 0 Å². The lowest BCUT2D eigenvalue weighted by molar-refractivity contribution is -0.212. The molecule has 38 heavy (non-hydrogen) atoms. The minimum atomic E-state index is -0.931. The largest absolute Gasteiger partial charge is 0.481 e. The van der Waals surface area contributed by atoms with Crippen molar-refractivity contribution in [3.63, 3.8) is 0 Å². The van der Waals surface area contributed by atoms with Gasteiger partial charge < -0.3 is 30.0 Å². The number of hydrogen-bond acceptors (Lipinski definition) is 9. The summed E-state index contributed by atoms with van der Waals surface area (Å²) in [5.41, 5.74) is 1.00. The number of fused-ring (bicyclic) bond motifs is 5. The number of rotatable bonds is 7. The molecule has 3 aromatic rings. The average molecular weight is 524 g/mol. The van der Waals surface area contributed by atoms with Gasteiger partial charge in [0.25, 0.3) is 5.91 Å². The van der Waals surface area contributed by atoms with Gasteiger partial charge in [0.1, 0.15) is 5.82 Å². The zero-order valence-corrected chi connectivity index (χ0v) is 21.3. The number of hydrogen-bond donors (Lipinski definition) is 3. The van der Waals surface area contributed by atoms with Crippen LogP contribution in [0.1, 0.15) is 49.8 Å². The summed E-state index contributed by atoms with van der Waals surface area (Å²) in [5.74, 6) is 0.0432. The highest BCUT2D eigenvalue weighted by atomic mass is 19.1. The molecule has 7 rings (SSSR count). The first-order valence-corrected chi connectivity index (χ1v) is 12.8. The van der Waals surface area contributed by atoms with Crippen molar-refractivity contribution < 1.29 is 28.5 Å². The molecule has 200 valence electrons. The smallest absolute Gasteiger partial charge is 0.263 e. The fourth-order valence-electron chi connectivity index (χ4n) is 5.92. The molecule has 2 unspecified atom stereocenters. The second-order valence-electron chi connectivity index (χ2n) is 10.4. The van der Waals surface area contributed by atoms with Crippen LogP contribution in [0.25, 0.3) is 11.0 Å². The Bertz CT molecular complexity index is 1380. The molecule has 3 N–H and O–H groups in total. The zero-order chi connectivity index (χ0) is 26.5. The minimum absolute atomic E-state index is 0.00627.